The Labute approximate surface area is 231 Å². The molecule has 1 heterocycles. The van der Waals surface area contributed by atoms with Crippen LogP contribution < -0.4 is 16.1 Å². The summed E-state index contributed by atoms with van der Waals surface area (Å²) >= 11 is 0. The molecule has 2 unspecified atom stereocenters. The number of carbonyl (C=O) groups is 1. The highest BCUT2D eigenvalue weighted by molar-refractivity contribution is 5.92. The normalized spacial score (nSPS) is 12.6. The number of aliphatic hydroxyl groups is 1. The standard InChI is InChI=1S/C31H32F2N4O3/c1-3-21-8-7-9-22(13-21)18-34-19-29(39)27(16-23-14-24(32)17-25(33)15-23)35-31(40)30-28(38)12-20(2)37(36-30)26-10-5-4-6-11-26/h4-15,17,27,29,34,39H,3,16,18-19H2,1-2H3,(H,35,40). The first-order valence-corrected chi connectivity index (χ1v) is 13.1. The summed E-state index contributed by atoms with van der Waals surface area (Å²) in [5.74, 6) is -2.34. The molecule has 0 saturated heterocycles. The van der Waals surface area contributed by atoms with Gasteiger partial charge in [-0.3, -0.25) is 9.59 Å². The molecule has 2 atom stereocenters. The van der Waals surface area contributed by atoms with Crippen molar-refractivity contribution in [3.63, 3.8) is 0 Å². The van der Waals surface area contributed by atoms with E-state index in [1.54, 1.807) is 19.1 Å². The van der Waals surface area contributed by atoms with Crippen molar-refractivity contribution in [2.45, 2.75) is 45.4 Å². The van der Waals surface area contributed by atoms with E-state index in [1.165, 1.54) is 16.3 Å². The molecule has 40 heavy (non-hydrogen) atoms. The number of hydrogen-bond acceptors (Lipinski definition) is 5. The minimum Gasteiger partial charge on any atom is -0.390 e. The van der Waals surface area contributed by atoms with E-state index >= 15 is 0 Å². The number of aromatic nitrogens is 2. The zero-order chi connectivity index (χ0) is 28.6. The second-order valence-electron chi connectivity index (χ2n) is 9.68. The van der Waals surface area contributed by atoms with Crippen molar-refractivity contribution in [1.29, 1.82) is 0 Å². The van der Waals surface area contributed by atoms with E-state index in [2.05, 4.69) is 28.7 Å². The van der Waals surface area contributed by atoms with Crippen molar-refractivity contribution in [2.75, 3.05) is 6.54 Å². The van der Waals surface area contributed by atoms with Gasteiger partial charge in [-0.2, -0.15) is 5.10 Å². The lowest BCUT2D eigenvalue weighted by Gasteiger charge is -2.25. The first kappa shape index (κ1) is 28.8. The largest absolute Gasteiger partial charge is 0.390 e. The molecule has 0 aliphatic heterocycles. The molecule has 1 aromatic heterocycles. The van der Waals surface area contributed by atoms with Crippen LogP contribution in [0.4, 0.5) is 8.78 Å². The van der Waals surface area contributed by atoms with Crippen LogP contribution in [-0.4, -0.2) is 39.5 Å². The maximum atomic E-state index is 13.9. The molecule has 0 bridgehead atoms. The lowest BCUT2D eigenvalue weighted by atomic mass is 10.00. The van der Waals surface area contributed by atoms with Gasteiger partial charge in [0.05, 0.1) is 17.8 Å². The number of nitrogens with zero attached hydrogens (tertiary/aromatic N) is 2. The Bertz CT molecular complexity index is 1500. The van der Waals surface area contributed by atoms with Gasteiger partial charge < -0.3 is 15.7 Å². The summed E-state index contributed by atoms with van der Waals surface area (Å²) in [7, 11) is 0. The van der Waals surface area contributed by atoms with Crippen molar-refractivity contribution in [3.05, 3.63) is 129 Å². The van der Waals surface area contributed by atoms with E-state index in [-0.39, 0.29) is 24.2 Å². The van der Waals surface area contributed by atoms with E-state index in [1.807, 2.05) is 36.4 Å². The zero-order valence-corrected chi connectivity index (χ0v) is 22.4. The number of aliphatic hydroxyl groups excluding tert-OH is 1. The van der Waals surface area contributed by atoms with Gasteiger partial charge in [-0.05, 0) is 60.7 Å². The summed E-state index contributed by atoms with van der Waals surface area (Å²) < 4.78 is 29.3. The van der Waals surface area contributed by atoms with E-state index in [9.17, 15) is 23.5 Å². The molecule has 3 aromatic carbocycles. The highest BCUT2D eigenvalue weighted by Gasteiger charge is 2.25. The third kappa shape index (κ3) is 7.46. The fourth-order valence-electron chi connectivity index (χ4n) is 4.50. The molecule has 4 rings (SSSR count). The van der Waals surface area contributed by atoms with Gasteiger partial charge in [0.25, 0.3) is 5.91 Å². The molecule has 0 radical (unpaired) electrons. The van der Waals surface area contributed by atoms with Gasteiger partial charge in [0.15, 0.2) is 5.69 Å². The molecule has 9 heteroatoms. The van der Waals surface area contributed by atoms with E-state index in [0.717, 1.165) is 30.2 Å². The van der Waals surface area contributed by atoms with Crippen molar-refractivity contribution >= 4 is 5.91 Å². The number of para-hydroxylation sites is 1. The van der Waals surface area contributed by atoms with Crippen molar-refractivity contribution in [1.82, 2.24) is 20.4 Å². The average molecular weight is 547 g/mol. The number of aryl methyl sites for hydroxylation is 2. The highest BCUT2D eigenvalue weighted by Crippen LogP contribution is 2.13. The third-order valence-electron chi connectivity index (χ3n) is 6.56. The number of amides is 1. The number of hydrogen-bond donors (Lipinski definition) is 3. The number of rotatable bonds is 11. The summed E-state index contributed by atoms with van der Waals surface area (Å²) in [6.07, 6.45) is -0.326. The quantitative estimate of drug-likeness (QED) is 0.266. The molecule has 0 fully saturated rings. The van der Waals surface area contributed by atoms with Crippen LogP contribution in [0.15, 0.2) is 83.7 Å². The minimum atomic E-state index is -1.15. The predicted molar refractivity (Wildman–Crippen MR) is 149 cm³/mol. The SMILES string of the molecule is CCc1cccc(CNCC(O)C(Cc2cc(F)cc(F)c2)NC(=O)c2nn(-c3ccccc3)c(C)cc2=O)c1. The first-order chi connectivity index (χ1) is 19.2. The third-order valence-corrected chi connectivity index (χ3v) is 6.56. The van der Waals surface area contributed by atoms with E-state index in [0.29, 0.717) is 17.9 Å². The van der Waals surface area contributed by atoms with E-state index in [4.69, 9.17) is 0 Å². The molecular formula is C31H32F2N4O3. The van der Waals surface area contributed by atoms with E-state index < -0.39 is 35.1 Å². The fourth-order valence-corrected chi connectivity index (χ4v) is 4.50. The van der Waals surface area contributed by atoms with Crippen LogP contribution in [-0.2, 0) is 19.4 Å². The molecule has 0 aliphatic carbocycles. The molecule has 0 saturated carbocycles. The summed E-state index contributed by atoms with van der Waals surface area (Å²) in [5.41, 5.74) is 2.72. The molecular weight excluding hydrogens is 514 g/mol. The lowest BCUT2D eigenvalue weighted by molar-refractivity contribution is 0.0822. The van der Waals surface area contributed by atoms with Crippen LogP contribution >= 0.6 is 0 Å². The van der Waals surface area contributed by atoms with Gasteiger partial charge in [0, 0.05) is 30.9 Å². The smallest absolute Gasteiger partial charge is 0.276 e. The van der Waals surface area contributed by atoms with Crippen LogP contribution in [0, 0.1) is 18.6 Å². The zero-order valence-electron chi connectivity index (χ0n) is 22.4. The van der Waals surface area contributed by atoms with Gasteiger partial charge in [-0.15, -0.1) is 0 Å². The average Bonchev–Trinajstić information content (AvgIpc) is 2.92. The van der Waals surface area contributed by atoms with Crippen LogP contribution in [0.1, 0.15) is 39.8 Å². The number of halogens is 2. The Morgan fingerprint density at radius 2 is 1.65 bits per heavy atom. The van der Waals surface area contributed by atoms with Gasteiger partial charge in [-0.25, -0.2) is 13.5 Å². The number of nitrogens with one attached hydrogen (secondary N) is 2. The molecule has 0 spiro atoms. The molecule has 4 aromatic rings. The maximum Gasteiger partial charge on any atom is 0.276 e. The van der Waals surface area contributed by atoms with Gasteiger partial charge in [-0.1, -0.05) is 49.4 Å². The topological polar surface area (TPSA) is 96.2 Å². The highest BCUT2D eigenvalue weighted by atomic mass is 19.1. The Balaban J connectivity index is 1.55. The molecule has 208 valence electrons. The number of carbonyl (C=O) groups excluding carboxylic acids is 1. The van der Waals surface area contributed by atoms with Gasteiger partial charge in [0.1, 0.15) is 11.6 Å². The Morgan fingerprint density at radius 3 is 2.35 bits per heavy atom. The lowest BCUT2D eigenvalue weighted by Crippen LogP contribution is -2.49. The van der Waals surface area contributed by atoms with Crippen molar-refractivity contribution in [2.24, 2.45) is 0 Å². The Hall–Kier alpha value is -4.21. The molecule has 7 nitrogen and oxygen atoms in total. The monoisotopic (exact) mass is 546 g/mol. The summed E-state index contributed by atoms with van der Waals surface area (Å²) in [6, 6.07) is 20.4. The number of benzene rings is 3. The summed E-state index contributed by atoms with van der Waals surface area (Å²) in [5, 5.41) is 21.2. The second kappa shape index (κ2) is 13.2. The fraction of sp³-hybridized carbons (Fsp3) is 0.258. The summed E-state index contributed by atoms with van der Waals surface area (Å²) in [6.45, 7) is 4.32. The molecule has 1 amide bonds. The van der Waals surface area contributed by atoms with Crippen molar-refractivity contribution < 1.29 is 18.7 Å². The Kier molecular flexibility index (Phi) is 9.52. The van der Waals surface area contributed by atoms with Crippen LogP contribution in [0.5, 0.6) is 0 Å². The minimum absolute atomic E-state index is 0.0761. The summed E-state index contributed by atoms with van der Waals surface area (Å²) in [4.78, 5) is 26.0. The van der Waals surface area contributed by atoms with Gasteiger partial charge >= 0.3 is 0 Å². The van der Waals surface area contributed by atoms with Crippen LogP contribution in [0.3, 0.4) is 0 Å². The Morgan fingerprint density at radius 1 is 0.950 bits per heavy atom. The van der Waals surface area contributed by atoms with Gasteiger partial charge in [0.2, 0.25) is 5.43 Å². The first-order valence-electron chi connectivity index (χ1n) is 13.1. The second-order valence-corrected chi connectivity index (χ2v) is 9.68. The van der Waals surface area contributed by atoms with Crippen LogP contribution in [0.25, 0.3) is 5.69 Å². The maximum absolute atomic E-state index is 13.9. The molecule has 0 aliphatic rings. The predicted octanol–water partition coefficient (Wildman–Crippen LogP) is 3.87. The molecule has 3 N–H and O–H groups in total. The van der Waals surface area contributed by atoms with Crippen molar-refractivity contribution in [3.8, 4) is 5.69 Å². The van der Waals surface area contributed by atoms with Crippen LogP contribution in [0.2, 0.25) is 0 Å².